The molecule has 0 bridgehead atoms. The van der Waals surface area contributed by atoms with Gasteiger partial charge in [-0.25, -0.2) is 5.01 Å². The minimum Gasteiger partial charge on any atom is -0.272 e. The molecule has 1 aromatic rings. The normalized spacial score (nSPS) is 19.7. The number of carbonyl (C=O) groups excluding carboxylic acids is 1. The van der Waals surface area contributed by atoms with E-state index in [9.17, 15) is 4.79 Å². The van der Waals surface area contributed by atoms with E-state index in [2.05, 4.69) is 5.10 Å². The van der Waals surface area contributed by atoms with E-state index in [1.165, 1.54) is 5.01 Å². The Balaban J connectivity index is 2.18. The highest BCUT2D eigenvalue weighted by atomic mass is 35.5. The molecule has 1 amide bonds. The summed E-state index contributed by atoms with van der Waals surface area (Å²) in [4.78, 5) is 12.0. The van der Waals surface area contributed by atoms with Crippen molar-refractivity contribution in [2.75, 3.05) is 0 Å². The van der Waals surface area contributed by atoms with E-state index in [0.717, 1.165) is 17.7 Å². The van der Waals surface area contributed by atoms with Gasteiger partial charge in [-0.15, -0.1) is 0 Å². The quantitative estimate of drug-likeness (QED) is 0.811. The van der Waals surface area contributed by atoms with Gasteiger partial charge in [0, 0.05) is 5.02 Å². The smallest absolute Gasteiger partial charge is 0.251 e. The molecule has 1 aromatic carbocycles. The Morgan fingerprint density at radius 3 is 2.71 bits per heavy atom. The number of rotatable bonds is 3. The molecule has 0 aromatic heterocycles. The molecule has 4 heteroatoms. The molecule has 90 valence electrons. The summed E-state index contributed by atoms with van der Waals surface area (Å²) in [5, 5.41) is 6.54. The SMILES string of the molecule is CCC1=NN(Cc2ccccc2Cl)C(=O)C1C. The third kappa shape index (κ3) is 2.34. The highest BCUT2D eigenvalue weighted by molar-refractivity contribution is 6.31. The number of hydrogen-bond donors (Lipinski definition) is 0. The number of amides is 1. The summed E-state index contributed by atoms with van der Waals surface area (Å²) in [6.45, 7) is 4.37. The van der Waals surface area contributed by atoms with Crippen molar-refractivity contribution in [2.45, 2.75) is 26.8 Å². The maximum atomic E-state index is 12.0. The van der Waals surface area contributed by atoms with Crippen molar-refractivity contribution < 1.29 is 4.79 Å². The summed E-state index contributed by atoms with van der Waals surface area (Å²) in [5.41, 5.74) is 1.87. The number of carbonyl (C=O) groups is 1. The minimum absolute atomic E-state index is 0.0572. The number of nitrogens with zero attached hydrogens (tertiary/aromatic N) is 2. The molecule has 3 nitrogen and oxygen atoms in total. The molecule has 2 rings (SSSR count). The Hall–Kier alpha value is -1.35. The molecule has 17 heavy (non-hydrogen) atoms. The van der Waals surface area contributed by atoms with Gasteiger partial charge in [-0.3, -0.25) is 4.79 Å². The van der Waals surface area contributed by atoms with Crippen LogP contribution in [0.25, 0.3) is 0 Å². The summed E-state index contributed by atoms with van der Waals surface area (Å²) in [6, 6.07) is 7.53. The van der Waals surface area contributed by atoms with Gasteiger partial charge in [-0.1, -0.05) is 36.7 Å². The van der Waals surface area contributed by atoms with Gasteiger partial charge in [0.1, 0.15) is 0 Å². The Morgan fingerprint density at radius 2 is 2.12 bits per heavy atom. The first kappa shape index (κ1) is 12.1. The molecule has 1 aliphatic heterocycles. The van der Waals surface area contributed by atoms with Crippen molar-refractivity contribution in [1.82, 2.24) is 5.01 Å². The van der Waals surface area contributed by atoms with Crippen LogP contribution in [-0.2, 0) is 11.3 Å². The maximum Gasteiger partial charge on any atom is 0.251 e. The number of benzene rings is 1. The zero-order valence-corrected chi connectivity index (χ0v) is 10.7. The Kier molecular flexibility index (Phi) is 3.48. The second-order valence-electron chi connectivity index (χ2n) is 4.15. The first-order chi connectivity index (χ1) is 8.13. The summed E-state index contributed by atoms with van der Waals surface area (Å²) in [6.07, 6.45) is 0.811. The molecule has 0 fully saturated rings. The van der Waals surface area contributed by atoms with Crippen LogP contribution in [0.4, 0.5) is 0 Å². The molecule has 0 radical (unpaired) electrons. The summed E-state index contributed by atoms with van der Waals surface area (Å²) in [7, 11) is 0. The van der Waals surface area contributed by atoms with Crippen molar-refractivity contribution in [3.63, 3.8) is 0 Å². The molecule has 0 spiro atoms. The lowest BCUT2D eigenvalue weighted by atomic mass is 10.0. The fourth-order valence-corrected chi connectivity index (χ4v) is 2.13. The topological polar surface area (TPSA) is 32.7 Å². The number of hydrogen-bond acceptors (Lipinski definition) is 2. The third-order valence-corrected chi connectivity index (χ3v) is 3.38. The van der Waals surface area contributed by atoms with Crippen LogP contribution in [0.5, 0.6) is 0 Å². The Labute approximate surface area is 106 Å². The zero-order valence-electron chi connectivity index (χ0n) is 9.98. The maximum absolute atomic E-state index is 12.0. The molecule has 1 aliphatic rings. The highest BCUT2D eigenvalue weighted by Gasteiger charge is 2.31. The predicted octanol–water partition coefficient (Wildman–Crippen LogP) is 3.08. The van der Waals surface area contributed by atoms with Crippen molar-refractivity contribution >= 4 is 23.2 Å². The first-order valence-electron chi connectivity index (χ1n) is 5.75. The summed E-state index contributed by atoms with van der Waals surface area (Å²) >= 11 is 6.07. The molecular formula is C13H15ClN2O. The second-order valence-corrected chi connectivity index (χ2v) is 4.56. The van der Waals surface area contributed by atoms with Crippen LogP contribution >= 0.6 is 11.6 Å². The van der Waals surface area contributed by atoms with Gasteiger partial charge < -0.3 is 0 Å². The third-order valence-electron chi connectivity index (χ3n) is 3.01. The van der Waals surface area contributed by atoms with E-state index >= 15 is 0 Å². The highest BCUT2D eigenvalue weighted by Crippen LogP contribution is 2.23. The molecule has 1 heterocycles. The van der Waals surface area contributed by atoms with E-state index in [1.807, 2.05) is 38.1 Å². The van der Waals surface area contributed by atoms with Crippen LogP contribution < -0.4 is 0 Å². The van der Waals surface area contributed by atoms with Crippen molar-refractivity contribution in [3.05, 3.63) is 34.9 Å². The summed E-state index contributed by atoms with van der Waals surface area (Å²) in [5.74, 6) is -0.0377. The van der Waals surface area contributed by atoms with Gasteiger partial charge in [-0.05, 0) is 25.0 Å². The van der Waals surface area contributed by atoms with E-state index in [-0.39, 0.29) is 11.8 Å². The number of halogens is 1. The van der Waals surface area contributed by atoms with Gasteiger partial charge in [0.05, 0.1) is 18.2 Å². The van der Waals surface area contributed by atoms with Crippen molar-refractivity contribution in [1.29, 1.82) is 0 Å². The molecule has 0 N–H and O–H groups in total. The molecule has 0 saturated carbocycles. The van der Waals surface area contributed by atoms with E-state index in [4.69, 9.17) is 11.6 Å². The van der Waals surface area contributed by atoms with Crippen LogP contribution in [0.3, 0.4) is 0 Å². The average molecular weight is 251 g/mol. The van der Waals surface area contributed by atoms with E-state index < -0.39 is 0 Å². The molecule has 0 aliphatic carbocycles. The predicted molar refractivity (Wildman–Crippen MR) is 68.9 cm³/mol. The zero-order chi connectivity index (χ0) is 12.4. The van der Waals surface area contributed by atoms with Crippen molar-refractivity contribution in [2.24, 2.45) is 11.0 Å². The molecule has 1 atom stereocenters. The molecular weight excluding hydrogens is 236 g/mol. The Morgan fingerprint density at radius 1 is 1.41 bits per heavy atom. The fraction of sp³-hybridized carbons (Fsp3) is 0.385. The van der Waals surface area contributed by atoms with Gasteiger partial charge in [0.15, 0.2) is 0 Å². The average Bonchev–Trinajstić information content (AvgIpc) is 2.60. The van der Waals surface area contributed by atoms with Crippen molar-refractivity contribution in [3.8, 4) is 0 Å². The van der Waals surface area contributed by atoms with Crippen LogP contribution in [0.1, 0.15) is 25.8 Å². The summed E-state index contributed by atoms with van der Waals surface area (Å²) < 4.78 is 0. The monoisotopic (exact) mass is 250 g/mol. The van der Waals surface area contributed by atoms with Crippen LogP contribution in [0, 0.1) is 5.92 Å². The fourth-order valence-electron chi connectivity index (χ4n) is 1.94. The van der Waals surface area contributed by atoms with Gasteiger partial charge in [0.2, 0.25) is 0 Å². The largest absolute Gasteiger partial charge is 0.272 e. The van der Waals surface area contributed by atoms with Gasteiger partial charge >= 0.3 is 0 Å². The first-order valence-corrected chi connectivity index (χ1v) is 6.13. The lowest BCUT2D eigenvalue weighted by Gasteiger charge is -2.13. The molecule has 0 saturated heterocycles. The Bertz CT molecular complexity index is 470. The second kappa shape index (κ2) is 4.88. The van der Waals surface area contributed by atoms with Gasteiger partial charge in [-0.2, -0.15) is 5.10 Å². The standard InChI is InChI=1S/C13H15ClN2O/c1-3-12-9(2)13(17)16(15-12)8-10-6-4-5-7-11(10)14/h4-7,9H,3,8H2,1-2H3. The van der Waals surface area contributed by atoms with E-state index in [1.54, 1.807) is 0 Å². The number of hydrazone groups is 1. The molecule has 1 unspecified atom stereocenters. The van der Waals surface area contributed by atoms with Gasteiger partial charge in [0.25, 0.3) is 5.91 Å². The van der Waals surface area contributed by atoms with Crippen LogP contribution in [-0.4, -0.2) is 16.6 Å². The van der Waals surface area contributed by atoms with E-state index in [0.29, 0.717) is 11.6 Å². The lowest BCUT2D eigenvalue weighted by molar-refractivity contribution is -0.131. The van der Waals surface area contributed by atoms with Crippen LogP contribution in [0.2, 0.25) is 5.02 Å². The lowest BCUT2D eigenvalue weighted by Crippen LogP contribution is -2.25. The minimum atomic E-state index is -0.0949. The van der Waals surface area contributed by atoms with Crippen LogP contribution in [0.15, 0.2) is 29.4 Å².